The fourth-order valence-electron chi connectivity index (χ4n) is 2.44. The summed E-state index contributed by atoms with van der Waals surface area (Å²) in [6, 6.07) is 7.34. The Morgan fingerprint density at radius 2 is 1.96 bits per heavy atom. The largest absolute Gasteiger partial charge is 0.463 e. The number of nitrogens with one attached hydrogen (secondary N) is 2. The number of amides is 1. The molecule has 7 nitrogen and oxygen atoms in total. The molecule has 1 amide bonds. The molecule has 3 aromatic rings. The molecule has 0 aliphatic rings. The van der Waals surface area contributed by atoms with Crippen molar-refractivity contribution in [2.75, 3.05) is 5.32 Å². The summed E-state index contributed by atoms with van der Waals surface area (Å²) in [5.41, 5.74) is 0.554. The van der Waals surface area contributed by atoms with Gasteiger partial charge in [0.05, 0.1) is 6.26 Å². The van der Waals surface area contributed by atoms with Crippen molar-refractivity contribution in [3.05, 3.63) is 53.9 Å². The number of benzene rings is 1. The summed E-state index contributed by atoms with van der Waals surface area (Å²) in [5.74, 6) is -1.31. The zero-order valence-electron chi connectivity index (χ0n) is 15.0. The van der Waals surface area contributed by atoms with E-state index < -0.39 is 32.7 Å². The molecule has 0 fully saturated rings. The smallest absolute Gasteiger partial charge is 0.244 e. The predicted molar refractivity (Wildman–Crippen MR) is 104 cm³/mol. The van der Waals surface area contributed by atoms with E-state index in [4.69, 9.17) is 4.42 Å². The molecular formula is C18H18FN3O4S2. The molecule has 0 radical (unpaired) electrons. The van der Waals surface area contributed by atoms with Gasteiger partial charge in [0, 0.05) is 5.38 Å². The number of hydrogen-bond acceptors (Lipinski definition) is 6. The van der Waals surface area contributed by atoms with Gasteiger partial charge in [0.15, 0.2) is 10.9 Å². The number of carbonyl (C=O) groups is 1. The molecule has 2 N–H and O–H groups in total. The van der Waals surface area contributed by atoms with Gasteiger partial charge in [0.1, 0.15) is 22.4 Å². The van der Waals surface area contributed by atoms with E-state index in [0.717, 1.165) is 12.1 Å². The molecule has 1 atom stereocenters. The Hall–Kier alpha value is -2.56. The number of aromatic nitrogens is 1. The molecule has 148 valence electrons. The van der Waals surface area contributed by atoms with Crippen molar-refractivity contribution >= 4 is 32.4 Å². The van der Waals surface area contributed by atoms with Gasteiger partial charge in [-0.3, -0.25) is 4.79 Å². The van der Waals surface area contributed by atoms with Crippen molar-refractivity contribution in [3.63, 3.8) is 0 Å². The van der Waals surface area contributed by atoms with Crippen LogP contribution >= 0.6 is 11.3 Å². The maximum atomic E-state index is 13.9. The summed E-state index contributed by atoms with van der Waals surface area (Å²) in [6.45, 7) is 3.37. The molecule has 3 rings (SSSR count). The Balaban J connectivity index is 1.77. The molecule has 0 saturated carbocycles. The second-order valence-electron chi connectivity index (χ2n) is 6.28. The van der Waals surface area contributed by atoms with Crippen molar-refractivity contribution in [3.8, 4) is 11.5 Å². The summed E-state index contributed by atoms with van der Waals surface area (Å²) in [6.07, 6.45) is 1.51. The molecule has 0 aliphatic heterocycles. The maximum absolute atomic E-state index is 13.9. The Morgan fingerprint density at radius 3 is 2.61 bits per heavy atom. The molecule has 0 unspecified atom stereocenters. The second kappa shape index (κ2) is 8.21. The van der Waals surface area contributed by atoms with Crippen LogP contribution in [0.3, 0.4) is 0 Å². The fourth-order valence-corrected chi connectivity index (χ4v) is 4.56. The van der Waals surface area contributed by atoms with Crippen LogP contribution in [-0.2, 0) is 14.8 Å². The third-order valence-electron chi connectivity index (χ3n) is 3.87. The monoisotopic (exact) mass is 423 g/mol. The summed E-state index contributed by atoms with van der Waals surface area (Å²) in [4.78, 5) is 16.4. The topological polar surface area (TPSA) is 101 Å². The minimum Gasteiger partial charge on any atom is -0.463 e. The average molecular weight is 423 g/mol. The Labute approximate surface area is 165 Å². The van der Waals surface area contributed by atoms with Gasteiger partial charge < -0.3 is 9.73 Å². The molecule has 2 aromatic heterocycles. The van der Waals surface area contributed by atoms with Crippen molar-refractivity contribution in [2.45, 2.75) is 24.8 Å². The minimum absolute atomic E-state index is 0.298. The highest BCUT2D eigenvalue weighted by molar-refractivity contribution is 7.89. The molecule has 0 bridgehead atoms. The van der Waals surface area contributed by atoms with Gasteiger partial charge in [0.25, 0.3) is 0 Å². The van der Waals surface area contributed by atoms with Crippen LogP contribution < -0.4 is 10.0 Å². The highest BCUT2D eigenvalue weighted by Gasteiger charge is 2.30. The van der Waals surface area contributed by atoms with Gasteiger partial charge in [-0.05, 0) is 30.2 Å². The van der Waals surface area contributed by atoms with E-state index >= 15 is 0 Å². The van der Waals surface area contributed by atoms with Gasteiger partial charge in [-0.2, -0.15) is 4.72 Å². The van der Waals surface area contributed by atoms with Crippen LogP contribution in [0.1, 0.15) is 13.8 Å². The highest BCUT2D eigenvalue weighted by Crippen LogP contribution is 2.25. The Morgan fingerprint density at radius 1 is 1.21 bits per heavy atom. The van der Waals surface area contributed by atoms with E-state index in [9.17, 15) is 17.6 Å². The molecule has 1 aromatic carbocycles. The zero-order chi connectivity index (χ0) is 20.3. The maximum Gasteiger partial charge on any atom is 0.244 e. The molecule has 0 spiro atoms. The lowest BCUT2D eigenvalue weighted by molar-refractivity contribution is -0.118. The standard InChI is InChI=1S/C18H18FN3O4S2/c1-11(2)16(22-28(24,25)15-8-4-3-6-12(15)19)17(23)21-18-20-13(10-27-18)14-7-5-9-26-14/h3-11,16,22H,1-2H3,(H,20,21,23)/t16-/m0/s1. The first kappa shape index (κ1) is 20.2. The van der Waals surface area contributed by atoms with E-state index in [0.29, 0.717) is 16.6 Å². The van der Waals surface area contributed by atoms with E-state index in [1.54, 1.807) is 31.4 Å². The molecule has 28 heavy (non-hydrogen) atoms. The Kier molecular flexibility index (Phi) is 5.92. The molecule has 2 heterocycles. The van der Waals surface area contributed by atoms with Crippen molar-refractivity contribution in [1.29, 1.82) is 0 Å². The van der Waals surface area contributed by atoms with Crippen LogP contribution in [0.25, 0.3) is 11.5 Å². The minimum atomic E-state index is -4.22. The first-order valence-corrected chi connectivity index (χ1v) is 10.7. The van der Waals surface area contributed by atoms with Crippen molar-refractivity contribution < 1.29 is 22.0 Å². The average Bonchev–Trinajstić information content (AvgIpc) is 3.31. The number of carbonyl (C=O) groups excluding carboxylic acids is 1. The van der Waals surface area contributed by atoms with Crippen LogP contribution in [-0.4, -0.2) is 25.4 Å². The normalized spacial score (nSPS) is 12.9. The van der Waals surface area contributed by atoms with E-state index in [1.165, 1.54) is 29.7 Å². The van der Waals surface area contributed by atoms with E-state index in [2.05, 4.69) is 15.0 Å². The zero-order valence-corrected chi connectivity index (χ0v) is 16.7. The molecular weight excluding hydrogens is 405 g/mol. The second-order valence-corrected chi connectivity index (χ2v) is 8.82. The number of rotatable bonds is 7. The van der Waals surface area contributed by atoms with Gasteiger partial charge in [-0.25, -0.2) is 17.8 Å². The lowest BCUT2D eigenvalue weighted by Gasteiger charge is -2.21. The first-order chi connectivity index (χ1) is 13.3. The Bertz CT molecular complexity index is 1060. The van der Waals surface area contributed by atoms with E-state index in [1.807, 2.05) is 0 Å². The summed E-state index contributed by atoms with van der Waals surface area (Å²) in [7, 11) is -4.22. The SMILES string of the molecule is CC(C)[C@H](NS(=O)(=O)c1ccccc1F)C(=O)Nc1nc(-c2ccco2)cs1. The summed E-state index contributed by atoms with van der Waals surface area (Å²) >= 11 is 1.18. The van der Waals surface area contributed by atoms with Crippen molar-refractivity contribution in [2.24, 2.45) is 5.92 Å². The van der Waals surface area contributed by atoms with Crippen LogP contribution in [0.15, 0.2) is 57.4 Å². The van der Waals surface area contributed by atoms with Gasteiger partial charge in [-0.1, -0.05) is 26.0 Å². The number of nitrogens with zero attached hydrogens (tertiary/aromatic N) is 1. The quantitative estimate of drug-likeness (QED) is 0.606. The highest BCUT2D eigenvalue weighted by atomic mass is 32.2. The van der Waals surface area contributed by atoms with Crippen LogP contribution in [0.2, 0.25) is 0 Å². The van der Waals surface area contributed by atoms with Crippen LogP contribution in [0.5, 0.6) is 0 Å². The number of sulfonamides is 1. The number of halogens is 1. The van der Waals surface area contributed by atoms with Crippen LogP contribution in [0.4, 0.5) is 9.52 Å². The summed E-state index contributed by atoms with van der Waals surface area (Å²) < 4.78 is 46.5. The fraction of sp³-hybridized carbons (Fsp3) is 0.222. The predicted octanol–water partition coefficient (Wildman–Crippen LogP) is 3.48. The molecule has 10 heteroatoms. The number of thiazole rings is 1. The van der Waals surface area contributed by atoms with Gasteiger partial charge in [-0.15, -0.1) is 11.3 Å². The first-order valence-electron chi connectivity index (χ1n) is 8.35. The molecule has 0 saturated heterocycles. The number of hydrogen-bond donors (Lipinski definition) is 2. The lowest BCUT2D eigenvalue weighted by atomic mass is 10.1. The van der Waals surface area contributed by atoms with E-state index in [-0.39, 0.29) is 5.92 Å². The number of anilines is 1. The van der Waals surface area contributed by atoms with Crippen molar-refractivity contribution in [1.82, 2.24) is 9.71 Å². The van der Waals surface area contributed by atoms with Crippen LogP contribution in [0, 0.1) is 11.7 Å². The van der Waals surface area contributed by atoms with Gasteiger partial charge >= 0.3 is 0 Å². The lowest BCUT2D eigenvalue weighted by Crippen LogP contribution is -2.47. The van der Waals surface area contributed by atoms with Gasteiger partial charge in [0.2, 0.25) is 15.9 Å². The third-order valence-corrected chi connectivity index (χ3v) is 6.10. The molecule has 0 aliphatic carbocycles. The third kappa shape index (κ3) is 4.46. The summed E-state index contributed by atoms with van der Waals surface area (Å²) in [5, 5.41) is 4.61. The number of furan rings is 1.